The maximum atomic E-state index is 11.9. The van der Waals surface area contributed by atoms with Crippen LogP contribution in [0, 0.1) is 0 Å². The van der Waals surface area contributed by atoms with E-state index in [0.717, 1.165) is 19.4 Å². The Morgan fingerprint density at radius 2 is 2.42 bits per heavy atom. The third kappa shape index (κ3) is 3.74. The molecule has 0 radical (unpaired) electrons. The lowest BCUT2D eigenvalue weighted by molar-refractivity contribution is 0.0909. The van der Waals surface area contributed by atoms with Gasteiger partial charge in [-0.2, -0.15) is 4.98 Å². The normalized spacial score (nSPS) is 22.2. The average Bonchev–Trinajstić information content (AvgIpc) is 2.99. The molecule has 2 heterocycles. The molecule has 1 amide bonds. The van der Waals surface area contributed by atoms with Gasteiger partial charge in [-0.25, -0.2) is 0 Å². The van der Waals surface area contributed by atoms with Crippen molar-refractivity contribution in [3.05, 3.63) is 11.7 Å². The van der Waals surface area contributed by atoms with E-state index in [1.54, 1.807) is 6.92 Å². The number of carbonyl (C=O) groups excluding carboxylic acids is 1. The van der Waals surface area contributed by atoms with Crippen molar-refractivity contribution in [3.8, 4) is 0 Å². The van der Waals surface area contributed by atoms with E-state index >= 15 is 0 Å². The van der Waals surface area contributed by atoms with Crippen molar-refractivity contribution in [2.45, 2.75) is 51.3 Å². The number of aliphatic hydroxyl groups excluding tert-OH is 1. The zero-order valence-corrected chi connectivity index (χ0v) is 11.2. The molecule has 1 aromatic heterocycles. The fourth-order valence-corrected chi connectivity index (χ4v) is 2.22. The highest BCUT2D eigenvalue weighted by molar-refractivity contribution is 5.90. The van der Waals surface area contributed by atoms with Crippen molar-refractivity contribution in [2.24, 2.45) is 0 Å². The predicted molar refractivity (Wildman–Crippen MR) is 67.5 cm³/mol. The molecule has 3 unspecified atom stereocenters. The molecule has 1 aliphatic heterocycles. The highest BCUT2D eigenvalue weighted by Crippen LogP contribution is 2.20. The van der Waals surface area contributed by atoms with Gasteiger partial charge in [-0.1, -0.05) is 5.16 Å². The lowest BCUT2D eigenvalue weighted by Crippen LogP contribution is -2.35. The molecule has 3 atom stereocenters. The van der Waals surface area contributed by atoms with E-state index < -0.39 is 6.10 Å². The number of carbonyl (C=O) groups is 1. The van der Waals surface area contributed by atoms with E-state index in [4.69, 9.17) is 4.52 Å². The highest BCUT2D eigenvalue weighted by atomic mass is 16.5. The number of nitrogens with one attached hydrogen (secondary N) is 2. The Morgan fingerprint density at radius 1 is 1.63 bits per heavy atom. The minimum atomic E-state index is -0.459. The SMILES string of the molecule is CC(O)CC(C)NC(=O)c1noc(C2CCCN2)n1. The molecule has 0 aromatic carbocycles. The van der Waals surface area contributed by atoms with Crippen molar-refractivity contribution in [2.75, 3.05) is 6.54 Å². The van der Waals surface area contributed by atoms with Gasteiger partial charge >= 0.3 is 0 Å². The molecule has 7 nitrogen and oxygen atoms in total. The van der Waals surface area contributed by atoms with E-state index in [-0.39, 0.29) is 23.8 Å². The van der Waals surface area contributed by atoms with Crippen LogP contribution in [0.1, 0.15) is 55.7 Å². The zero-order valence-electron chi connectivity index (χ0n) is 11.2. The molecule has 0 aliphatic carbocycles. The Hall–Kier alpha value is -1.47. The van der Waals surface area contributed by atoms with Crippen LogP contribution in [0.25, 0.3) is 0 Å². The van der Waals surface area contributed by atoms with Crippen LogP contribution in [0.5, 0.6) is 0 Å². The van der Waals surface area contributed by atoms with Gasteiger partial charge in [0.15, 0.2) is 0 Å². The Kier molecular flexibility index (Phi) is 4.49. The predicted octanol–water partition coefficient (Wildman–Crippen LogP) is 0.383. The molecule has 2 rings (SSSR count). The second-order valence-corrected chi connectivity index (χ2v) is 5.06. The summed E-state index contributed by atoms with van der Waals surface area (Å²) in [6, 6.07) is -0.0806. The van der Waals surface area contributed by atoms with Crippen LogP contribution in [-0.2, 0) is 0 Å². The van der Waals surface area contributed by atoms with Crippen molar-refractivity contribution in [3.63, 3.8) is 0 Å². The Labute approximate surface area is 111 Å². The van der Waals surface area contributed by atoms with Gasteiger partial charge in [0.1, 0.15) is 0 Å². The van der Waals surface area contributed by atoms with Crippen LogP contribution >= 0.6 is 0 Å². The zero-order chi connectivity index (χ0) is 13.8. The first-order valence-electron chi connectivity index (χ1n) is 6.62. The molecule has 1 aromatic rings. The summed E-state index contributed by atoms with van der Waals surface area (Å²) in [5.74, 6) is 0.133. The van der Waals surface area contributed by atoms with Crippen molar-refractivity contribution in [1.29, 1.82) is 0 Å². The number of aliphatic hydroxyl groups is 1. The van der Waals surface area contributed by atoms with Gasteiger partial charge in [0, 0.05) is 6.04 Å². The van der Waals surface area contributed by atoms with Gasteiger partial charge in [0.25, 0.3) is 11.7 Å². The van der Waals surface area contributed by atoms with Gasteiger partial charge < -0.3 is 20.3 Å². The number of amides is 1. The van der Waals surface area contributed by atoms with Gasteiger partial charge in [0.05, 0.1) is 12.1 Å². The topological polar surface area (TPSA) is 100 Å². The molecule has 7 heteroatoms. The second kappa shape index (κ2) is 6.12. The average molecular weight is 268 g/mol. The van der Waals surface area contributed by atoms with Crippen LogP contribution in [0.3, 0.4) is 0 Å². The first kappa shape index (κ1) is 14.0. The molecule has 1 aliphatic rings. The second-order valence-electron chi connectivity index (χ2n) is 5.06. The summed E-state index contributed by atoms with van der Waals surface area (Å²) < 4.78 is 5.10. The minimum Gasteiger partial charge on any atom is -0.393 e. The first-order chi connectivity index (χ1) is 9.06. The summed E-state index contributed by atoms with van der Waals surface area (Å²) in [7, 11) is 0. The van der Waals surface area contributed by atoms with Crippen LogP contribution in [0.4, 0.5) is 0 Å². The van der Waals surface area contributed by atoms with Gasteiger partial charge in [-0.15, -0.1) is 0 Å². The summed E-state index contributed by atoms with van der Waals surface area (Å²) in [5, 5.41) is 18.9. The number of hydrogen-bond acceptors (Lipinski definition) is 6. The molecule has 1 fully saturated rings. The quantitative estimate of drug-likeness (QED) is 0.714. The molecule has 1 saturated heterocycles. The van der Waals surface area contributed by atoms with Crippen LogP contribution < -0.4 is 10.6 Å². The van der Waals surface area contributed by atoms with Crippen molar-refractivity contribution < 1.29 is 14.4 Å². The fraction of sp³-hybridized carbons (Fsp3) is 0.750. The standard InChI is InChI=1S/C12H20N4O3/c1-7(6-8(2)17)14-11(18)10-15-12(19-16-10)9-4-3-5-13-9/h7-9,13,17H,3-6H2,1-2H3,(H,14,18). The molecule has 19 heavy (non-hydrogen) atoms. The molecular weight excluding hydrogens is 248 g/mol. The molecule has 106 valence electrons. The fourth-order valence-electron chi connectivity index (χ4n) is 2.22. The smallest absolute Gasteiger partial charge is 0.292 e. The van der Waals surface area contributed by atoms with E-state index in [0.29, 0.717) is 12.3 Å². The van der Waals surface area contributed by atoms with Crippen molar-refractivity contribution >= 4 is 5.91 Å². The summed E-state index contributed by atoms with van der Waals surface area (Å²) in [6.07, 6.45) is 2.04. The Bertz CT molecular complexity index is 426. The molecule has 0 bridgehead atoms. The molecular formula is C12H20N4O3. The highest BCUT2D eigenvalue weighted by Gasteiger charge is 2.24. The van der Waals surface area contributed by atoms with Gasteiger partial charge in [-0.3, -0.25) is 4.79 Å². The van der Waals surface area contributed by atoms with E-state index in [1.165, 1.54) is 0 Å². The first-order valence-corrected chi connectivity index (χ1v) is 6.62. The van der Waals surface area contributed by atoms with E-state index in [9.17, 15) is 9.90 Å². The van der Waals surface area contributed by atoms with E-state index in [2.05, 4.69) is 20.8 Å². The summed E-state index contributed by atoms with van der Waals surface area (Å²) >= 11 is 0. The van der Waals surface area contributed by atoms with Crippen LogP contribution in [-0.4, -0.2) is 39.8 Å². The summed E-state index contributed by atoms with van der Waals surface area (Å²) in [4.78, 5) is 16.0. The maximum absolute atomic E-state index is 11.9. The maximum Gasteiger partial charge on any atom is 0.292 e. The third-order valence-electron chi connectivity index (χ3n) is 3.08. The number of rotatable bonds is 5. The molecule has 3 N–H and O–H groups in total. The lowest BCUT2D eigenvalue weighted by atomic mass is 10.1. The van der Waals surface area contributed by atoms with E-state index in [1.807, 2.05) is 6.92 Å². The summed E-state index contributed by atoms with van der Waals surface area (Å²) in [5.41, 5.74) is 0. The minimum absolute atomic E-state index is 0.0427. The molecule has 0 spiro atoms. The third-order valence-corrected chi connectivity index (χ3v) is 3.08. The van der Waals surface area contributed by atoms with Crippen LogP contribution in [0.15, 0.2) is 4.52 Å². The number of aromatic nitrogens is 2. The Morgan fingerprint density at radius 3 is 3.05 bits per heavy atom. The van der Waals surface area contributed by atoms with Crippen LogP contribution in [0.2, 0.25) is 0 Å². The lowest BCUT2D eigenvalue weighted by Gasteiger charge is -2.13. The largest absolute Gasteiger partial charge is 0.393 e. The monoisotopic (exact) mass is 268 g/mol. The summed E-state index contributed by atoms with van der Waals surface area (Å²) in [6.45, 7) is 4.44. The van der Waals surface area contributed by atoms with Crippen molar-refractivity contribution in [1.82, 2.24) is 20.8 Å². The molecule has 0 saturated carbocycles. The number of nitrogens with zero attached hydrogens (tertiary/aromatic N) is 2. The van der Waals surface area contributed by atoms with Gasteiger partial charge in [-0.05, 0) is 39.7 Å². The Balaban J connectivity index is 1.92. The van der Waals surface area contributed by atoms with Gasteiger partial charge in [0.2, 0.25) is 5.89 Å². The number of hydrogen-bond donors (Lipinski definition) is 3.